The first-order valence-corrected chi connectivity index (χ1v) is 10.8. The number of anilines is 2. The molecule has 4 nitrogen and oxygen atoms in total. The fourth-order valence-electron chi connectivity index (χ4n) is 2.92. The molecule has 0 amide bonds. The second-order valence-corrected chi connectivity index (χ2v) is 9.92. The summed E-state index contributed by atoms with van der Waals surface area (Å²) in [6, 6.07) is 11.0. The smallest absolute Gasteiger partial charge is 0.251 e. The molecule has 1 aliphatic rings. The summed E-state index contributed by atoms with van der Waals surface area (Å²) in [5, 5.41) is 9.50. The number of halogens is 2. The van der Waals surface area contributed by atoms with Crippen LogP contribution in [0.3, 0.4) is 0 Å². The van der Waals surface area contributed by atoms with Crippen LogP contribution in [0.5, 0.6) is 0 Å². The molecule has 27 heavy (non-hydrogen) atoms. The lowest BCUT2D eigenvalue weighted by molar-refractivity contribution is -0.0220. The van der Waals surface area contributed by atoms with E-state index in [9.17, 15) is 18.1 Å². The van der Waals surface area contributed by atoms with Gasteiger partial charge in [-0.05, 0) is 24.3 Å². The first kappa shape index (κ1) is 20.2. The van der Waals surface area contributed by atoms with Crippen LogP contribution in [0.25, 0.3) is 0 Å². The normalized spacial score (nSPS) is 18.3. The summed E-state index contributed by atoms with van der Waals surface area (Å²) in [5.41, 5.74) is 1.07. The Balaban J connectivity index is 1.76. The van der Waals surface area contributed by atoms with Crippen molar-refractivity contribution in [3.8, 4) is 0 Å². The maximum atomic E-state index is 13.4. The molecular weight excluding hydrogens is 390 g/mol. The molecule has 2 N–H and O–H groups in total. The lowest BCUT2D eigenvalue weighted by atomic mass is 9.93. The second-order valence-electron chi connectivity index (χ2n) is 7.39. The van der Waals surface area contributed by atoms with Gasteiger partial charge in [0.2, 0.25) is 0 Å². The number of nitrogens with zero attached hydrogens (tertiary/aromatic N) is 1. The minimum absolute atomic E-state index is 0.00937. The van der Waals surface area contributed by atoms with E-state index in [1.807, 2.05) is 49.1 Å². The first-order chi connectivity index (χ1) is 12.7. The molecule has 0 spiro atoms. The van der Waals surface area contributed by atoms with E-state index in [1.165, 1.54) is 11.3 Å². The maximum absolute atomic E-state index is 13.4. The molecule has 1 atom stereocenters. The van der Waals surface area contributed by atoms with Crippen molar-refractivity contribution in [1.29, 1.82) is 0 Å². The van der Waals surface area contributed by atoms with Gasteiger partial charge in [-0.2, -0.15) is 0 Å². The molecule has 2 heterocycles. The number of hydrogen-bond donors (Lipinski definition) is 2. The Morgan fingerprint density at radius 2 is 1.89 bits per heavy atom. The zero-order chi connectivity index (χ0) is 19.7. The van der Waals surface area contributed by atoms with Crippen LogP contribution in [0.2, 0.25) is 0 Å². The minimum atomic E-state index is -2.60. The molecule has 8 heteroatoms. The van der Waals surface area contributed by atoms with Gasteiger partial charge in [0, 0.05) is 36.2 Å². The Hall–Kier alpha value is -1.51. The Morgan fingerprint density at radius 3 is 2.56 bits per heavy atom. The number of alkyl halides is 2. The quantitative estimate of drug-likeness (QED) is 0.737. The van der Waals surface area contributed by atoms with Crippen LogP contribution >= 0.6 is 11.3 Å². The van der Waals surface area contributed by atoms with E-state index in [-0.39, 0.29) is 38.0 Å². The van der Waals surface area contributed by atoms with E-state index in [0.29, 0.717) is 9.90 Å². The number of para-hydroxylation sites is 2. The molecule has 2 aromatic rings. The van der Waals surface area contributed by atoms with E-state index in [0.717, 1.165) is 10.6 Å². The molecule has 0 radical (unpaired) electrons. The molecule has 1 aromatic heterocycles. The monoisotopic (exact) mass is 414 g/mol. The lowest BCUT2D eigenvalue weighted by Crippen LogP contribution is -2.39. The Labute approximate surface area is 164 Å². The van der Waals surface area contributed by atoms with E-state index in [1.54, 1.807) is 6.07 Å². The third-order valence-electron chi connectivity index (χ3n) is 4.77. The van der Waals surface area contributed by atoms with Crippen LogP contribution in [0.1, 0.15) is 31.6 Å². The molecule has 148 valence electrons. The highest BCUT2D eigenvalue weighted by atomic mass is 32.2. The number of aliphatic hydroxyl groups excluding tert-OH is 1. The van der Waals surface area contributed by atoms with Crippen LogP contribution in [-0.4, -0.2) is 34.9 Å². The highest BCUT2D eigenvalue weighted by Gasteiger charge is 2.34. The van der Waals surface area contributed by atoms with E-state index in [4.69, 9.17) is 0 Å². The zero-order valence-corrected chi connectivity index (χ0v) is 17.0. The van der Waals surface area contributed by atoms with Gasteiger partial charge in [-0.25, -0.2) is 13.0 Å². The van der Waals surface area contributed by atoms with Crippen molar-refractivity contribution in [3.05, 3.63) is 41.3 Å². The summed E-state index contributed by atoms with van der Waals surface area (Å²) in [5.74, 6) is -2.60. The zero-order valence-electron chi connectivity index (χ0n) is 15.4. The van der Waals surface area contributed by atoms with Crippen molar-refractivity contribution in [2.75, 3.05) is 29.3 Å². The molecule has 1 aliphatic heterocycles. The van der Waals surface area contributed by atoms with E-state index in [2.05, 4.69) is 4.72 Å². The summed E-state index contributed by atoms with van der Waals surface area (Å²) < 4.78 is 43.4. The average Bonchev–Trinajstić information content (AvgIpc) is 3.14. The largest absolute Gasteiger partial charge is 0.395 e. The predicted molar refractivity (Wildman–Crippen MR) is 107 cm³/mol. The maximum Gasteiger partial charge on any atom is 0.251 e. The highest BCUT2D eigenvalue weighted by molar-refractivity contribution is 7.88. The highest BCUT2D eigenvalue weighted by Crippen LogP contribution is 2.35. The van der Waals surface area contributed by atoms with Crippen molar-refractivity contribution < 1.29 is 18.1 Å². The molecule has 0 saturated carbocycles. The number of hydrogen-bond acceptors (Lipinski definition) is 4. The molecule has 0 aliphatic carbocycles. The van der Waals surface area contributed by atoms with E-state index < -0.39 is 16.9 Å². The number of nitrogens with one attached hydrogen (secondary N) is 1. The van der Waals surface area contributed by atoms with Crippen molar-refractivity contribution in [2.45, 2.75) is 42.2 Å². The fraction of sp³-hybridized carbons (Fsp3) is 0.474. The van der Waals surface area contributed by atoms with Crippen molar-refractivity contribution in [3.63, 3.8) is 0 Å². The van der Waals surface area contributed by atoms with Gasteiger partial charge in [0.05, 0.1) is 18.0 Å². The van der Waals surface area contributed by atoms with Gasteiger partial charge in [0.25, 0.3) is 5.92 Å². The number of benzene rings is 1. The van der Waals surface area contributed by atoms with Gasteiger partial charge < -0.3 is 10.0 Å². The summed E-state index contributed by atoms with van der Waals surface area (Å²) >= 11 is 1.40. The summed E-state index contributed by atoms with van der Waals surface area (Å²) in [7, 11) is -1.47. The third-order valence-corrected chi connectivity index (χ3v) is 7.63. The summed E-state index contributed by atoms with van der Waals surface area (Å²) in [4.78, 5) is 2.87. The van der Waals surface area contributed by atoms with Crippen LogP contribution in [0.15, 0.2) is 40.6 Å². The number of piperidine rings is 1. The molecule has 0 bridgehead atoms. The van der Waals surface area contributed by atoms with Gasteiger partial charge in [-0.1, -0.05) is 26.0 Å². The summed E-state index contributed by atoms with van der Waals surface area (Å²) in [6.45, 7) is 4.41. The van der Waals surface area contributed by atoms with Crippen LogP contribution in [0, 0.1) is 0 Å². The van der Waals surface area contributed by atoms with Crippen molar-refractivity contribution in [1.82, 2.24) is 0 Å². The first-order valence-electron chi connectivity index (χ1n) is 8.83. The number of thiophene rings is 1. The predicted octanol–water partition coefficient (Wildman–Crippen LogP) is 4.39. The molecule has 1 saturated heterocycles. The fourth-order valence-corrected chi connectivity index (χ4v) is 5.11. The van der Waals surface area contributed by atoms with E-state index >= 15 is 0 Å². The molecule has 3 rings (SSSR count). The van der Waals surface area contributed by atoms with Crippen LogP contribution in [-0.2, 0) is 16.4 Å². The lowest BCUT2D eigenvalue weighted by Gasteiger charge is -2.34. The van der Waals surface area contributed by atoms with Gasteiger partial charge >= 0.3 is 0 Å². The SMILES string of the molecule is CC(C)(CO)c1ccc(S(=O)Nc2ccccc2N2CCC(F)(F)CC2)s1. The van der Waals surface area contributed by atoms with Crippen LogP contribution < -0.4 is 9.62 Å². The topological polar surface area (TPSA) is 52.6 Å². The Kier molecular flexibility index (Phi) is 5.88. The Morgan fingerprint density at radius 1 is 1.22 bits per heavy atom. The summed E-state index contributed by atoms with van der Waals surface area (Å²) in [6.07, 6.45) is -0.343. The van der Waals surface area contributed by atoms with Gasteiger partial charge in [-0.15, -0.1) is 11.3 Å². The minimum Gasteiger partial charge on any atom is -0.395 e. The van der Waals surface area contributed by atoms with Crippen LogP contribution in [0.4, 0.5) is 20.2 Å². The molecule has 1 unspecified atom stereocenters. The molecule has 1 fully saturated rings. The standard InChI is InChI=1S/C19H24F2N2O2S2/c1-18(2,13-24)16-7-8-17(26-16)27(25)22-14-5-3-4-6-15(14)23-11-9-19(20,21)10-12-23/h3-8,22,24H,9-13H2,1-2H3. The average molecular weight is 415 g/mol. The second kappa shape index (κ2) is 7.85. The van der Waals surface area contributed by atoms with Gasteiger partial charge in [0.1, 0.15) is 4.21 Å². The molecular formula is C19H24F2N2O2S2. The Bertz CT molecular complexity index is 814. The molecule has 1 aromatic carbocycles. The number of aliphatic hydroxyl groups is 1. The van der Waals surface area contributed by atoms with Crippen molar-refractivity contribution in [2.24, 2.45) is 0 Å². The van der Waals surface area contributed by atoms with Crippen molar-refractivity contribution >= 4 is 33.7 Å². The van der Waals surface area contributed by atoms with Gasteiger partial charge in [-0.3, -0.25) is 4.72 Å². The van der Waals surface area contributed by atoms with Gasteiger partial charge in [0.15, 0.2) is 11.0 Å². The number of rotatable bonds is 6. The third kappa shape index (κ3) is 4.67.